The number of amides is 2. The van der Waals surface area contributed by atoms with Gasteiger partial charge in [0.25, 0.3) is 0 Å². The lowest BCUT2D eigenvalue weighted by Crippen LogP contribution is -2.51. The van der Waals surface area contributed by atoms with Gasteiger partial charge in [-0.1, -0.05) is 24.3 Å². The molecule has 2 aliphatic heterocycles. The molecule has 0 radical (unpaired) electrons. The van der Waals surface area contributed by atoms with Crippen LogP contribution in [0.4, 0.5) is 14.9 Å². The maximum absolute atomic E-state index is 13.9. The van der Waals surface area contributed by atoms with E-state index in [-0.39, 0.29) is 6.61 Å². The summed E-state index contributed by atoms with van der Waals surface area (Å²) in [5.41, 5.74) is 2.31. The molecule has 1 atom stereocenters. The Balaban J connectivity index is 1.55. The molecule has 186 valence electrons. The predicted octanol–water partition coefficient (Wildman–Crippen LogP) is 3.22. The monoisotopic (exact) mass is 482 g/mol. The molecule has 0 aliphatic carbocycles. The van der Waals surface area contributed by atoms with Crippen molar-refractivity contribution in [1.29, 1.82) is 0 Å². The van der Waals surface area contributed by atoms with Gasteiger partial charge in [0.05, 0.1) is 30.5 Å². The van der Waals surface area contributed by atoms with E-state index >= 15 is 0 Å². The third-order valence-electron chi connectivity index (χ3n) is 6.09. The lowest BCUT2D eigenvalue weighted by atomic mass is 9.94. The van der Waals surface area contributed by atoms with E-state index in [1.807, 2.05) is 25.1 Å². The number of esters is 1. The first-order chi connectivity index (χ1) is 17.0. The summed E-state index contributed by atoms with van der Waals surface area (Å²) >= 11 is 0. The lowest BCUT2D eigenvalue weighted by molar-refractivity contribution is -0.139. The Morgan fingerprint density at radius 2 is 1.83 bits per heavy atom. The number of rotatable bonds is 8. The molecule has 2 aromatic carbocycles. The Bertz CT molecular complexity index is 1100. The fraction of sp³-hybridized carbons (Fsp3) is 0.385. The molecule has 0 spiro atoms. The molecule has 0 unspecified atom stereocenters. The fourth-order valence-corrected chi connectivity index (χ4v) is 4.50. The highest BCUT2D eigenvalue weighted by molar-refractivity contribution is 5.95. The van der Waals surface area contributed by atoms with E-state index in [0.717, 1.165) is 37.6 Å². The van der Waals surface area contributed by atoms with Crippen LogP contribution in [0.1, 0.15) is 25.5 Å². The second-order valence-electron chi connectivity index (χ2n) is 8.36. The quantitative estimate of drug-likeness (QED) is 0.563. The van der Waals surface area contributed by atoms with Gasteiger partial charge in [-0.05, 0) is 43.7 Å². The Kier molecular flexibility index (Phi) is 7.87. The van der Waals surface area contributed by atoms with Crippen molar-refractivity contribution >= 4 is 17.7 Å². The Labute approximate surface area is 204 Å². The summed E-state index contributed by atoms with van der Waals surface area (Å²) in [6.07, 6.45) is 0. The number of anilines is 1. The fourth-order valence-electron chi connectivity index (χ4n) is 4.50. The summed E-state index contributed by atoms with van der Waals surface area (Å²) in [7, 11) is 0. The topological polar surface area (TPSA) is 83.1 Å². The SMILES string of the molecule is CCOC(=O)C1=C(CN2CCN(c3ccccc3OCC)CC2)NC(=O)N[C@@H]1c1cccc(F)c1. The molecule has 1 fully saturated rings. The van der Waals surface area contributed by atoms with E-state index in [1.54, 1.807) is 19.1 Å². The number of ether oxygens (including phenoxy) is 2. The first-order valence-electron chi connectivity index (χ1n) is 11.9. The smallest absolute Gasteiger partial charge is 0.338 e. The highest BCUT2D eigenvalue weighted by Crippen LogP contribution is 2.31. The number of nitrogens with zero attached hydrogens (tertiary/aromatic N) is 2. The molecule has 2 aliphatic rings. The lowest BCUT2D eigenvalue weighted by Gasteiger charge is -2.38. The number of hydrogen-bond acceptors (Lipinski definition) is 6. The molecule has 0 saturated carbocycles. The maximum atomic E-state index is 13.9. The number of carbonyl (C=O) groups is 2. The van der Waals surface area contributed by atoms with Crippen LogP contribution in [0.25, 0.3) is 0 Å². The van der Waals surface area contributed by atoms with Crippen LogP contribution in [0.5, 0.6) is 5.75 Å². The van der Waals surface area contributed by atoms with Crippen molar-refractivity contribution in [1.82, 2.24) is 15.5 Å². The maximum Gasteiger partial charge on any atom is 0.338 e. The highest BCUT2D eigenvalue weighted by atomic mass is 19.1. The normalized spacial score (nSPS) is 18.7. The van der Waals surface area contributed by atoms with E-state index in [0.29, 0.717) is 30.0 Å². The molecule has 0 bridgehead atoms. The van der Waals surface area contributed by atoms with Gasteiger partial charge in [-0.15, -0.1) is 0 Å². The molecule has 2 amide bonds. The molecule has 2 aromatic rings. The molecular formula is C26H31FN4O4. The average Bonchev–Trinajstić information content (AvgIpc) is 2.85. The van der Waals surface area contributed by atoms with E-state index in [4.69, 9.17) is 9.47 Å². The average molecular weight is 483 g/mol. The standard InChI is InChI=1S/C26H31FN4O4/c1-3-34-22-11-6-5-10-21(22)31-14-12-30(13-15-31)17-20-23(25(32)35-4-2)24(29-26(33)28-20)18-8-7-9-19(27)16-18/h5-11,16,24H,3-4,12-15,17H2,1-2H3,(H2,28,29,33)/t24-/m1/s1. The van der Waals surface area contributed by atoms with E-state index in [1.165, 1.54) is 12.1 Å². The molecule has 8 nitrogen and oxygen atoms in total. The van der Waals surface area contributed by atoms with Gasteiger partial charge in [-0.2, -0.15) is 0 Å². The number of carbonyl (C=O) groups excluding carboxylic acids is 2. The summed E-state index contributed by atoms with van der Waals surface area (Å²) < 4.78 is 25.0. The summed E-state index contributed by atoms with van der Waals surface area (Å²) in [4.78, 5) is 29.9. The van der Waals surface area contributed by atoms with Crippen molar-refractivity contribution in [3.8, 4) is 5.75 Å². The van der Waals surface area contributed by atoms with E-state index in [9.17, 15) is 14.0 Å². The van der Waals surface area contributed by atoms with Gasteiger partial charge in [0, 0.05) is 38.4 Å². The number of halogens is 1. The molecule has 2 heterocycles. The van der Waals surface area contributed by atoms with Crippen LogP contribution >= 0.6 is 0 Å². The van der Waals surface area contributed by atoms with Gasteiger partial charge in [0.15, 0.2) is 0 Å². The molecule has 35 heavy (non-hydrogen) atoms. The Morgan fingerprint density at radius 3 is 2.54 bits per heavy atom. The largest absolute Gasteiger partial charge is 0.492 e. The van der Waals surface area contributed by atoms with E-state index < -0.39 is 23.9 Å². The van der Waals surface area contributed by atoms with Crippen LogP contribution in [0, 0.1) is 5.82 Å². The van der Waals surface area contributed by atoms with Crippen LogP contribution in [-0.2, 0) is 9.53 Å². The zero-order valence-corrected chi connectivity index (χ0v) is 20.1. The summed E-state index contributed by atoms with van der Waals surface area (Å²) in [6.45, 7) is 7.85. The number of urea groups is 1. The van der Waals surface area contributed by atoms with Gasteiger partial charge in [-0.3, -0.25) is 4.90 Å². The molecule has 2 N–H and O–H groups in total. The molecule has 0 aromatic heterocycles. The first-order valence-corrected chi connectivity index (χ1v) is 11.9. The minimum atomic E-state index is -0.798. The molecular weight excluding hydrogens is 451 g/mol. The van der Waals surface area contributed by atoms with Gasteiger partial charge in [0.1, 0.15) is 11.6 Å². The molecule has 1 saturated heterocycles. The third kappa shape index (κ3) is 5.74. The van der Waals surface area contributed by atoms with Crippen molar-refractivity contribution in [3.05, 3.63) is 71.2 Å². The zero-order chi connectivity index (χ0) is 24.8. The van der Waals surface area contributed by atoms with Crippen molar-refractivity contribution < 1.29 is 23.5 Å². The van der Waals surface area contributed by atoms with Crippen molar-refractivity contribution in [3.63, 3.8) is 0 Å². The van der Waals surface area contributed by atoms with Gasteiger partial charge in [-0.25, -0.2) is 14.0 Å². The molecule has 9 heteroatoms. The van der Waals surface area contributed by atoms with Crippen LogP contribution < -0.4 is 20.3 Å². The minimum absolute atomic E-state index is 0.192. The molecule has 4 rings (SSSR count). The summed E-state index contributed by atoms with van der Waals surface area (Å²) in [5, 5.41) is 5.54. The highest BCUT2D eigenvalue weighted by Gasteiger charge is 2.35. The number of para-hydroxylation sites is 2. The second-order valence-corrected chi connectivity index (χ2v) is 8.36. The summed E-state index contributed by atoms with van der Waals surface area (Å²) in [5.74, 6) is -0.114. The Morgan fingerprint density at radius 1 is 1.06 bits per heavy atom. The minimum Gasteiger partial charge on any atom is -0.492 e. The number of nitrogens with one attached hydrogen (secondary N) is 2. The Hall–Kier alpha value is -3.59. The van der Waals surface area contributed by atoms with Crippen molar-refractivity contribution in [2.75, 3.05) is 50.8 Å². The summed E-state index contributed by atoms with van der Waals surface area (Å²) in [6, 6.07) is 12.6. The van der Waals surface area contributed by atoms with Crippen LogP contribution in [0.15, 0.2) is 59.8 Å². The number of piperazine rings is 1. The van der Waals surface area contributed by atoms with Gasteiger partial charge >= 0.3 is 12.0 Å². The van der Waals surface area contributed by atoms with Gasteiger partial charge < -0.3 is 25.0 Å². The van der Waals surface area contributed by atoms with Crippen molar-refractivity contribution in [2.45, 2.75) is 19.9 Å². The van der Waals surface area contributed by atoms with Gasteiger partial charge in [0.2, 0.25) is 0 Å². The predicted molar refractivity (Wildman–Crippen MR) is 131 cm³/mol. The van der Waals surface area contributed by atoms with Crippen LogP contribution in [0.3, 0.4) is 0 Å². The number of benzene rings is 2. The first kappa shape index (κ1) is 24.5. The number of hydrogen-bond donors (Lipinski definition) is 2. The van der Waals surface area contributed by atoms with E-state index in [2.05, 4.69) is 26.5 Å². The third-order valence-corrected chi connectivity index (χ3v) is 6.09. The zero-order valence-electron chi connectivity index (χ0n) is 20.1. The van der Waals surface area contributed by atoms with Crippen LogP contribution in [0.2, 0.25) is 0 Å². The van der Waals surface area contributed by atoms with Crippen molar-refractivity contribution in [2.24, 2.45) is 0 Å². The second kappa shape index (κ2) is 11.2. The van der Waals surface area contributed by atoms with Crippen LogP contribution in [-0.4, -0.2) is 62.8 Å².